The molecule has 2 atom stereocenters. The first-order valence-electron chi connectivity index (χ1n) is 7.26. The van der Waals surface area contributed by atoms with E-state index in [0.29, 0.717) is 26.3 Å². The lowest BCUT2D eigenvalue weighted by atomic mass is 10.1. The molecule has 8 heteroatoms. The number of nitrogens with zero attached hydrogens (tertiary/aromatic N) is 3. The van der Waals surface area contributed by atoms with Crippen molar-refractivity contribution in [1.29, 1.82) is 0 Å². The predicted octanol–water partition coefficient (Wildman–Crippen LogP) is -0.0883. The highest BCUT2D eigenvalue weighted by atomic mass is 32.1. The number of hydrogen-bond acceptors (Lipinski definition) is 5. The van der Waals surface area contributed by atoms with Crippen molar-refractivity contribution in [3.8, 4) is 0 Å². The molecule has 0 aliphatic carbocycles. The second-order valence-corrected chi connectivity index (χ2v) is 6.61. The Morgan fingerprint density at radius 2 is 2.36 bits per heavy atom. The molecule has 2 aliphatic rings. The third kappa shape index (κ3) is 2.48. The Bertz CT molecular complexity index is 696. The number of carbonyl (C=O) groups excluding carboxylic acids is 2. The van der Waals surface area contributed by atoms with Gasteiger partial charge in [-0.05, 0) is 0 Å². The monoisotopic (exact) mass is 320 g/mol. The van der Waals surface area contributed by atoms with Crippen LogP contribution in [0.25, 0.3) is 4.96 Å². The molecule has 2 aromatic heterocycles. The molecule has 2 saturated heterocycles. The summed E-state index contributed by atoms with van der Waals surface area (Å²) in [5.41, 5.74) is 0.766. The SMILES string of the molecule is O=C1N[C@@H]2COC[C@H]1CN(C(=O)Cc1cn3ccsc3n1)C2. The Morgan fingerprint density at radius 1 is 1.45 bits per heavy atom. The number of nitrogens with one attached hydrogen (secondary N) is 1. The number of ether oxygens (including phenoxy) is 1. The molecule has 4 rings (SSSR count). The van der Waals surface area contributed by atoms with E-state index in [1.807, 2.05) is 22.2 Å². The number of fused-ring (bicyclic) bond motifs is 4. The van der Waals surface area contributed by atoms with E-state index < -0.39 is 0 Å². The van der Waals surface area contributed by atoms with Crippen molar-refractivity contribution in [2.24, 2.45) is 5.92 Å². The van der Waals surface area contributed by atoms with Gasteiger partial charge in [0, 0.05) is 30.9 Å². The smallest absolute Gasteiger partial charge is 0.228 e. The van der Waals surface area contributed by atoms with Crippen LogP contribution >= 0.6 is 11.3 Å². The standard InChI is InChI=1S/C14H16N4O3S/c19-12(3-10-5-17-1-2-22-14(17)16-10)18-4-9-7-21-8-11(6-18)15-13(9)20/h1-2,5,9,11H,3-4,6-8H2,(H,15,20)/t9-,11+/m1/s1. The number of hydrogen-bond donors (Lipinski definition) is 1. The molecule has 22 heavy (non-hydrogen) atoms. The van der Waals surface area contributed by atoms with Crippen LogP contribution in [0.1, 0.15) is 5.69 Å². The van der Waals surface area contributed by atoms with E-state index in [0.717, 1.165) is 10.7 Å². The number of rotatable bonds is 2. The maximum atomic E-state index is 12.6. The van der Waals surface area contributed by atoms with Crippen molar-refractivity contribution in [3.05, 3.63) is 23.5 Å². The van der Waals surface area contributed by atoms with Crippen LogP contribution in [-0.2, 0) is 20.7 Å². The summed E-state index contributed by atoms with van der Waals surface area (Å²) in [5, 5.41) is 4.89. The van der Waals surface area contributed by atoms with Crippen molar-refractivity contribution < 1.29 is 14.3 Å². The molecule has 0 aromatic carbocycles. The second kappa shape index (κ2) is 5.36. The van der Waals surface area contributed by atoms with Crippen molar-refractivity contribution in [2.45, 2.75) is 12.5 Å². The zero-order valence-electron chi connectivity index (χ0n) is 11.9. The van der Waals surface area contributed by atoms with Gasteiger partial charge in [-0.1, -0.05) is 0 Å². The number of imidazole rings is 1. The summed E-state index contributed by atoms with van der Waals surface area (Å²) in [6.45, 7) is 1.77. The van der Waals surface area contributed by atoms with Gasteiger partial charge in [0.05, 0.1) is 37.3 Å². The Kier molecular flexibility index (Phi) is 3.34. The van der Waals surface area contributed by atoms with E-state index in [4.69, 9.17) is 4.74 Å². The Hall–Kier alpha value is -1.93. The lowest BCUT2D eigenvalue weighted by Gasteiger charge is -2.27. The molecule has 0 unspecified atom stereocenters. The molecule has 2 aromatic rings. The highest BCUT2D eigenvalue weighted by Gasteiger charge is 2.35. The molecule has 7 nitrogen and oxygen atoms in total. The molecule has 4 heterocycles. The molecule has 0 saturated carbocycles. The Balaban J connectivity index is 1.50. The fraction of sp³-hybridized carbons (Fsp3) is 0.500. The number of thiazole rings is 1. The summed E-state index contributed by atoms with van der Waals surface area (Å²) in [4.78, 5) is 31.6. The van der Waals surface area contributed by atoms with E-state index in [9.17, 15) is 9.59 Å². The lowest BCUT2D eigenvalue weighted by Crippen LogP contribution is -2.45. The minimum Gasteiger partial charge on any atom is -0.378 e. The zero-order chi connectivity index (χ0) is 15.1. The second-order valence-electron chi connectivity index (χ2n) is 5.74. The zero-order valence-corrected chi connectivity index (χ0v) is 12.7. The minimum atomic E-state index is -0.276. The van der Waals surface area contributed by atoms with Crippen molar-refractivity contribution in [3.63, 3.8) is 0 Å². The average Bonchev–Trinajstić information content (AvgIpc) is 2.92. The maximum Gasteiger partial charge on any atom is 0.228 e. The predicted molar refractivity (Wildman–Crippen MR) is 79.6 cm³/mol. The first-order chi connectivity index (χ1) is 10.7. The molecule has 116 valence electrons. The molecule has 2 fully saturated rings. The van der Waals surface area contributed by atoms with Crippen LogP contribution in [0.3, 0.4) is 0 Å². The third-order valence-corrected chi connectivity index (χ3v) is 4.84. The summed E-state index contributed by atoms with van der Waals surface area (Å²) >= 11 is 1.54. The summed E-state index contributed by atoms with van der Waals surface area (Å²) < 4.78 is 7.39. The molecule has 0 spiro atoms. The quantitative estimate of drug-likeness (QED) is 0.839. The fourth-order valence-corrected chi connectivity index (χ4v) is 3.68. The Morgan fingerprint density at radius 3 is 3.23 bits per heavy atom. The number of carbonyl (C=O) groups is 2. The van der Waals surface area contributed by atoms with Gasteiger partial charge in [0.15, 0.2) is 4.96 Å². The van der Waals surface area contributed by atoms with Crippen LogP contribution < -0.4 is 5.32 Å². The van der Waals surface area contributed by atoms with Gasteiger partial charge in [-0.2, -0.15) is 0 Å². The van der Waals surface area contributed by atoms with Gasteiger partial charge in [-0.3, -0.25) is 14.0 Å². The normalized spacial score (nSPS) is 25.1. The van der Waals surface area contributed by atoms with Crippen LogP contribution in [0, 0.1) is 5.92 Å². The van der Waals surface area contributed by atoms with Gasteiger partial charge in [-0.25, -0.2) is 4.98 Å². The first-order valence-corrected chi connectivity index (χ1v) is 8.14. The van der Waals surface area contributed by atoms with Gasteiger partial charge >= 0.3 is 0 Å². The van der Waals surface area contributed by atoms with E-state index in [-0.39, 0.29) is 30.2 Å². The molecule has 1 N–H and O–H groups in total. The van der Waals surface area contributed by atoms with Gasteiger partial charge in [-0.15, -0.1) is 11.3 Å². The van der Waals surface area contributed by atoms with Gasteiger partial charge in [0.2, 0.25) is 11.8 Å². The van der Waals surface area contributed by atoms with Crippen LogP contribution in [0.2, 0.25) is 0 Å². The highest BCUT2D eigenvalue weighted by Crippen LogP contribution is 2.16. The van der Waals surface area contributed by atoms with Crippen LogP contribution in [-0.4, -0.2) is 58.4 Å². The fourth-order valence-electron chi connectivity index (χ4n) is 2.96. The largest absolute Gasteiger partial charge is 0.378 e. The van der Waals surface area contributed by atoms with Crippen molar-refractivity contribution >= 4 is 28.1 Å². The lowest BCUT2D eigenvalue weighted by molar-refractivity contribution is -0.133. The van der Waals surface area contributed by atoms with E-state index >= 15 is 0 Å². The summed E-state index contributed by atoms with van der Waals surface area (Å²) in [6, 6.07) is -0.116. The van der Waals surface area contributed by atoms with Gasteiger partial charge < -0.3 is 15.0 Å². The summed E-state index contributed by atoms with van der Waals surface area (Å²) in [6.07, 6.45) is 4.08. The first kappa shape index (κ1) is 13.7. The number of aromatic nitrogens is 2. The maximum absolute atomic E-state index is 12.6. The summed E-state index contributed by atoms with van der Waals surface area (Å²) in [7, 11) is 0. The highest BCUT2D eigenvalue weighted by molar-refractivity contribution is 7.15. The van der Waals surface area contributed by atoms with Gasteiger partial charge in [0.1, 0.15) is 0 Å². The van der Waals surface area contributed by atoms with Crippen LogP contribution in [0.15, 0.2) is 17.8 Å². The van der Waals surface area contributed by atoms with E-state index in [1.54, 1.807) is 16.2 Å². The van der Waals surface area contributed by atoms with Gasteiger partial charge in [0.25, 0.3) is 0 Å². The minimum absolute atomic E-state index is 0.0131. The van der Waals surface area contributed by atoms with E-state index in [1.165, 1.54) is 0 Å². The van der Waals surface area contributed by atoms with Crippen LogP contribution in [0.5, 0.6) is 0 Å². The summed E-state index contributed by atoms with van der Waals surface area (Å²) in [5.74, 6) is -0.276. The third-order valence-electron chi connectivity index (χ3n) is 4.06. The van der Waals surface area contributed by atoms with Crippen molar-refractivity contribution in [2.75, 3.05) is 26.3 Å². The Labute approximate surface area is 130 Å². The molecular formula is C14H16N4O3S. The molecule has 2 bridgehead atoms. The molecular weight excluding hydrogens is 304 g/mol. The van der Waals surface area contributed by atoms with E-state index in [2.05, 4.69) is 10.3 Å². The van der Waals surface area contributed by atoms with Crippen LogP contribution in [0.4, 0.5) is 0 Å². The molecule has 0 radical (unpaired) electrons. The van der Waals surface area contributed by atoms with Crippen molar-refractivity contribution in [1.82, 2.24) is 19.6 Å². The topological polar surface area (TPSA) is 75.9 Å². The number of amides is 2. The average molecular weight is 320 g/mol. The molecule has 2 amide bonds. The molecule has 2 aliphatic heterocycles.